The maximum atomic E-state index is 9.99. The predicted octanol–water partition coefficient (Wildman–Crippen LogP) is 1.61. The second kappa shape index (κ2) is 3.94. The summed E-state index contributed by atoms with van der Waals surface area (Å²) in [5.74, 6) is 0. The van der Waals surface area contributed by atoms with Crippen molar-refractivity contribution in [1.29, 1.82) is 0 Å². The zero-order valence-electron chi connectivity index (χ0n) is 8.28. The van der Waals surface area contributed by atoms with Crippen molar-refractivity contribution >= 4 is 0 Å². The van der Waals surface area contributed by atoms with E-state index >= 15 is 0 Å². The largest absolute Gasteiger partial charge is 0.472 e. The zero-order chi connectivity index (χ0) is 9.90. The minimum atomic E-state index is -0.849. The summed E-state index contributed by atoms with van der Waals surface area (Å²) in [5, 5.41) is 9.99. The van der Waals surface area contributed by atoms with E-state index in [9.17, 15) is 5.11 Å². The Morgan fingerprint density at radius 3 is 2.85 bits per heavy atom. The summed E-state index contributed by atoms with van der Waals surface area (Å²) in [6.45, 7) is 3.61. The van der Waals surface area contributed by atoms with Crippen LogP contribution in [-0.2, 0) is 11.2 Å². The van der Waals surface area contributed by atoms with Crippen molar-refractivity contribution in [2.75, 3.05) is 7.11 Å². The molecule has 0 saturated carbocycles. The van der Waals surface area contributed by atoms with Crippen molar-refractivity contribution in [1.82, 2.24) is 0 Å². The van der Waals surface area contributed by atoms with Gasteiger partial charge in [0, 0.05) is 13.5 Å². The Morgan fingerprint density at radius 2 is 2.38 bits per heavy atom. The summed E-state index contributed by atoms with van der Waals surface area (Å²) in [4.78, 5) is 0. The molecule has 0 fully saturated rings. The van der Waals surface area contributed by atoms with Gasteiger partial charge in [-0.3, -0.25) is 0 Å². The lowest BCUT2D eigenvalue weighted by Crippen LogP contribution is -2.40. The van der Waals surface area contributed by atoms with E-state index in [0.29, 0.717) is 6.42 Å². The first-order chi connectivity index (χ1) is 6.06. The highest BCUT2D eigenvalue weighted by Gasteiger charge is 2.28. The Balaban J connectivity index is 2.61. The van der Waals surface area contributed by atoms with Crippen LogP contribution < -0.4 is 0 Å². The summed E-state index contributed by atoms with van der Waals surface area (Å²) in [6, 6.07) is 1.84. The Labute approximate surface area is 78.3 Å². The molecule has 1 aromatic rings. The summed E-state index contributed by atoms with van der Waals surface area (Å²) < 4.78 is 10.0. The van der Waals surface area contributed by atoms with E-state index in [-0.39, 0.29) is 6.10 Å². The topological polar surface area (TPSA) is 42.6 Å². The molecule has 3 heteroatoms. The Morgan fingerprint density at radius 1 is 1.69 bits per heavy atom. The van der Waals surface area contributed by atoms with Crippen molar-refractivity contribution in [2.45, 2.75) is 32.0 Å². The van der Waals surface area contributed by atoms with E-state index in [1.165, 1.54) is 0 Å². The lowest BCUT2D eigenvalue weighted by atomic mass is 9.93. The molecule has 0 aliphatic rings. The summed E-state index contributed by atoms with van der Waals surface area (Å²) in [5.41, 5.74) is 0.132. The summed E-state index contributed by atoms with van der Waals surface area (Å²) in [6.07, 6.45) is 3.58. The van der Waals surface area contributed by atoms with E-state index < -0.39 is 5.60 Å². The molecule has 0 aliphatic carbocycles. The van der Waals surface area contributed by atoms with Gasteiger partial charge in [-0.2, -0.15) is 0 Å². The van der Waals surface area contributed by atoms with Gasteiger partial charge in [0.05, 0.1) is 24.2 Å². The first-order valence-corrected chi connectivity index (χ1v) is 4.32. The summed E-state index contributed by atoms with van der Waals surface area (Å²) in [7, 11) is 1.59. The van der Waals surface area contributed by atoms with Gasteiger partial charge >= 0.3 is 0 Å². The third-order valence-electron chi connectivity index (χ3n) is 2.37. The molecule has 0 saturated heterocycles. The highest BCUT2D eigenvalue weighted by Crippen LogP contribution is 2.19. The Bertz CT molecular complexity index is 239. The van der Waals surface area contributed by atoms with Crippen molar-refractivity contribution in [3.8, 4) is 0 Å². The third kappa shape index (κ3) is 2.57. The number of methoxy groups -OCH3 is 1. The molecule has 1 heterocycles. The molecular weight excluding hydrogens is 168 g/mol. The molecule has 0 aromatic carbocycles. The standard InChI is InChI=1S/C10H16O3/c1-8(12-3)10(2,11)6-9-4-5-13-7-9/h4-5,7-8,11H,6H2,1-3H3. The molecule has 1 aromatic heterocycles. The van der Waals surface area contributed by atoms with Gasteiger partial charge in [0.15, 0.2) is 0 Å². The molecule has 0 amide bonds. The number of hydrogen-bond donors (Lipinski definition) is 1. The van der Waals surface area contributed by atoms with Gasteiger partial charge in [0.2, 0.25) is 0 Å². The van der Waals surface area contributed by atoms with Crippen molar-refractivity contribution in [3.63, 3.8) is 0 Å². The monoisotopic (exact) mass is 184 g/mol. The fourth-order valence-corrected chi connectivity index (χ4v) is 1.20. The van der Waals surface area contributed by atoms with E-state index in [1.54, 1.807) is 26.6 Å². The molecule has 1 N–H and O–H groups in total. The van der Waals surface area contributed by atoms with Crippen LogP contribution in [0.5, 0.6) is 0 Å². The number of aliphatic hydroxyl groups is 1. The van der Waals surface area contributed by atoms with Gasteiger partial charge < -0.3 is 14.3 Å². The van der Waals surface area contributed by atoms with Crippen LogP contribution in [0.2, 0.25) is 0 Å². The number of ether oxygens (including phenoxy) is 1. The van der Waals surface area contributed by atoms with Crippen LogP contribution in [0.15, 0.2) is 23.0 Å². The van der Waals surface area contributed by atoms with Crippen molar-refractivity contribution in [2.24, 2.45) is 0 Å². The van der Waals surface area contributed by atoms with Gasteiger partial charge in [-0.15, -0.1) is 0 Å². The number of furan rings is 1. The van der Waals surface area contributed by atoms with Crippen LogP contribution in [0.3, 0.4) is 0 Å². The molecule has 13 heavy (non-hydrogen) atoms. The molecular formula is C10H16O3. The lowest BCUT2D eigenvalue weighted by Gasteiger charge is -2.28. The normalized spacial score (nSPS) is 18.2. The van der Waals surface area contributed by atoms with Gasteiger partial charge in [-0.05, 0) is 25.5 Å². The number of hydrogen-bond acceptors (Lipinski definition) is 3. The zero-order valence-corrected chi connectivity index (χ0v) is 8.28. The van der Waals surface area contributed by atoms with Crippen molar-refractivity contribution < 1.29 is 14.3 Å². The second-order valence-corrected chi connectivity index (χ2v) is 3.54. The molecule has 3 nitrogen and oxygen atoms in total. The van der Waals surface area contributed by atoms with Crippen molar-refractivity contribution in [3.05, 3.63) is 24.2 Å². The minimum absolute atomic E-state index is 0.192. The van der Waals surface area contributed by atoms with E-state index in [2.05, 4.69) is 0 Å². The predicted molar refractivity (Wildman–Crippen MR) is 49.5 cm³/mol. The molecule has 2 atom stereocenters. The molecule has 0 aliphatic heterocycles. The minimum Gasteiger partial charge on any atom is -0.472 e. The Hall–Kier alpha value is -0.800. The fourth-order valence-electron chi connectivity index (χ4n) is 1.20. The average Bonchev–Trinajstić information content (AvgIpc) is 2.54. The summed E-state index contributed by atoms with van der Waals surface area (Å²) >= 11 is 0. The maximum absolute atomic E-state index is 9.99. The first kappa shape index (κ1) is 10.3. The van der Waals surface area contributed by atoms with Crippen LogP contribution in [0.25, 0.3) is 0 Å². The molecule has 74 valence electrons. The highest BCUT2D eigenvalue weighted by molar-refractivity contribution is 5.09. The van der Waals surface area contributed by atoms with E-state index in [4.69, 9.17) is 9.15 Å². The molecule has 2 unspecified atom stereocenters. The van der Waals surface area contributed by atoms with Gasteiger partial charge in [-0.1, -0.05) is 0 Å². The van der Waals surface area contributed by atoms with Crippen LogP contribution in [0.1, 0.15) is 19.4 Å². The lowest BCUT2D eigenvalue weighted by molar-refractivity contribution is -0.0716. The average molecular weight is 184 g/mol. The molecule has 0 spiro atoms. The third-order valence-corrected chi connectivity index (χ3v) is 2.37. The van der Waals surface area contributed by atoms with Crippen LogP contribution in [0.4, 0.5) is 0 Å². The van der Waals surface area contributed by atoms with E-state index in [1.807, 2.05) is 13.0 Å². The smallest absolute Gasteiger partial charge is 0.0935 e. The highest BCUT2D eigenvalue weighted by atomic mass is 16.5. The molecule has 0 radical (unpaired) electrons. The van der Waals surface area contributed by atoms with Gasteiger partial charge in [0.1, 0.15) is 0 Å². The maximum Gasteiger partial charge on any atom is 0.0935 e. The van der Waals surface area contributed by atoms with E-state index in [0.717, 1.165) is 5.56 Å². The quantitative estimate of drug-likeness (QED) is 0.773. The Kier molecular flexibility index (Phi) is 3.12. The SMILES string of the molecule is COC(C)C(C)(O)Cc1ccoc1. The van der Waals surface area contributed by atoms with Crippen LogP contribution in [0, 0.1) is 0 Å². The number of rotatable bonds is 4. The van der Waals surface area contributed by atoms with Gasteiger partial charge in [-0.25, -0.2) is 0 Å². The van der Waals surface area contributed by atoms with Crippen LogP contribution in [-0.4, -0.2) is 23.9 Å². The molecule has 1 rings (SSSR count). The molecule has 0 bridgehead atoms. The van der Waals surface area contributed by atoms with Gasteiger partial charge in [0.25, 0.3) is 0 Å². The fraction of sp³-hybridized carbons (Fsp3) is 0.600. The second-order valence-electron chi connectivity index (χ2n) is 3.54. The first-order valence-electron chi connectivity index (χ1n) is 4.32. The van der Waals surface area contributed by atoms with Crippen LogP contribution >= 0.6 is 0 Å².